The number of nitrogens with zero attached hydrogens (tertiary/aromatic N) is 1. The summed E-state index contributed by atoms with van der Waals surface area (Å²) in [5.74, 6) is 0.0753. The van der Waals surface area contributed by atoms with Gasteiger partial charge < -0.3 is 10.4 Å². The fraction of sp³-hybridized carbons (Fsp3) is 0.600. The molecule has 3 nitrogen and oxygen atoms in total. The first-order chi connectivity index (χ1) is 9.87. The van der Waals surface area contributed by atoms with Crippen molar-refractivity contribution in [2.75, 3.05) is 26.2 Å². The molecule has 0 bridgehead atoms. The molecule has 0 radical (unpaired) electrons. The van der Waals surface area contributed by atoms with Crippen molar-refractivity contribution in [3.8, 4) is 5.75 Å². The SMILES string of the molecule is Cc1ccc(O)c([C@H](CCC(F)(F)F)N2CCNCC2)c1.Cl.Cl. The molecule has 0 aromatic heterocycles. The van der Waals surface area contributed by atoms with Crippen molar-refractivity contribution in [3.63, 3.8) is 0 Å². The third-order valence-corrected chi connectivity index (χ3v) is 3.84. The van der Waals surface area contributed by atoms with Crippen molar-refractivity contribution >= 4 is 24.8 Å². The molecule has 23 heavy (non-hydrogen) atoms. The molecule has 2 rings (SSSR count). The summed E-state index contributed by atoms with van der Waals surface area (Å²) in [7, 11) is 0. The smallest absolute Gasteiger partial charge is 0.389 e. The summed E-state index contributed by atoms with van der Waals surface area (Å²) < 4.78 is 37.8. The quantitative estimate of drug-likeness (QED) is 0.840. The second kappa shape index (κ2) is 9.57. The molecule has 1 saturated heterocycles. The topological polar surface area (TPSA) is 35.5 Å². The van der Waals surface area contributed by atoms with Crippen LogP contribution in [-0.4, -0.2) is 42.4 Å². The zero-order chi connectivity index (χ0) is 15.5. The number of hydrogen-bond donors (Lipinski definition) is 2. The minimum Gasteiger partial charge on any atom is -0.508 e. The van der Waals surface area contributed by atoms with Crippen molar-refractivity contribution in [1.29, 1.82) is 0 Å². The Kier molecular flexibility index (Phi) is 9.28. The lowest BCUT2D eigenvalue weighted by molar-refractivity contribution is -0.138. The van der Waals surface area contributed by atoms with E-state index in [0.717, 1.165) is 18.7 Å². The number of phenolic OH excluding ortho intramolecular Hbond substituents is 1. The van der Waals surface area contributed by atoms with Crippen LogP contribution in [0.3, 0.4) is 0 Å². The number of phenols is 1. The van der Waals surface area contributed by atoms with Crippen molar-refractivity contribution < 1.29 is 18.3 Å². The minimum absolute atomic E-state index is 0. The number of halogens is 5. The number of nitrogens with one attached hydrogen (secondary N) is 1. The molecular formula is C15H23Cl2F3N2O. The molecule has 1 aliphatic rings. The van der Waals surface area contributed by atoms with E-state index in [9.17, 15) is 18.3 Å². The molecule has 134 valence electrons. The van der Waals surface area contributed by atoms with Gasteiger partial charge in [-0.25, -0.2) is 0 Å². The van der Waals surface area contributed by atoms with Gasteiger partial charge in [-0.3, -0.25) is 4.90 Å². The molecular weight excluding hydrogens is 352 g/mol. The van der Waals surface area contributed by atoms with Gasteiger partial charge in [0.15, 0.2) is 0 Å². The highest BCUT2D eigenvalue weighted by molar-refractivity contribution is 5.85. The van der Waals surface area contributed by atoms with Crippen LogP contribution in [-0.2, 0) is 0 Å². The third kappa shape index (κ3) is 6.75. The Morgan fingerprint density at radius 2 is 1.83 bits per heavy atom. The summed E-state index contributed by atoms with van der Waals surface area (Å²) in [4.78, 5) is 2.02. The second-order valence-corrected chi connectivity index (χ2v) is 5.52. The van der Waals surface area contributed by atoms with Crippen molar-refractivity contribution in [1.82, 2.24) is 10.2 Å². The van der Waals surface area contributed by atoms with Crippen molar-refractivity contribution in [3.05, 3.63) is 29.3 Å². The molecule has 1 fully saturated rings. The van der Waals surface area contributed by atoms with Crippen LogP contribution in [0.1, 0.15) is 30.0 Å². The Hall–Kier alpha value is -0.690. The largest absolute Gasteiger partial charge is 0.508 e. The Bertz CT molecular complexity index is 480. The summed E-state index contributed by atoms with van der Waals surface area (Å²) in [6.45, 7) is 4.78. The fourth-order valence-electron chi connectivity index (χ4n) is 2.77. The number of rotatable bonds is 4. The number of aromatic hydroxyl groups is 1. The predicted octanol–water partition coefficient (Wildman–Crippen LogP) is 3.83. The van der Waals surface area contributed by atoms with Crippen molar-refractivity contribution in [2.24, 2.45) is 0 Å². The van der Waals surface area contributed by atoms with Gasteiger partial charge in [-0.1, -0.05) is 17.7 Å². The molecule has 0 unspecified atom stereocenters. The summed E-state index contributed by atoms with van der Waals surface area (Å²) in [5, 5.41) is 13.2. The van der Waals surface area contributed by atoms with Crippen LogP contribution in [0.25, 0.3) is 0 Å². The number of alkyl halides is 3. The molecule has 1 atom stereocenters. The lowest BCUT2D eigenvalue weighted by Gasteiger charge is -2.35. The van der Waals surface area contributed by atoms with Gasteiger partial charge in [0.2, 0.25) is 0 Å². The molecule has 1 aromatic rings. The maximum absolute atomic E-state index is 12.6. The lowest BCUT2D eigenvalue weighted by atomic mass is 9.97. The molecule has 1 aliphatic heterocycles. The van der Waals surface area contributed by atoms with E-state index in [2.05, 4.69) is 5.32 Å². The molecule has 2 N–H and O–H groups in total. The highest BCUT2D eigenvalue weighted by Gasteiger charge is 2.32. The van der Waals surface area contributed by atoms with Gasteiger partial charge in [0.25, 0.3) is 0 Å². The third-order valence-electron chi connectivity index (χ3n) is 3.84. The first-order valence-corrected chi connectivity index (χ1v) is 7.18. The van der Waals surface area contributed by atoms with Crippen LogP contribution in [0, 0.1) is 6.92 Å². The van der Waals surface area contributed by atoms with Crippen LogP contribution < -0.4 is 5.32 Å². The van der Waals surface area contributed by atoms with Crippen LogP contribution in [0.15, 0.2) is 18.2 Å². The Labute approximate surface area is 147 Å². The monoisotopic (exact) mass is 374 g/mol. The van der Waals surface area contributed by atoms with Crippen LogP contribution in [0.5, 0.6) is 5.75 Å². The Morgan fingerprint density at radius 1 is 1.22 bits per heavy atom. The summed E-state index contributed by atoms with van der Waals surface area (Å²) in [5.41, 5.74) is 1.54. The average molecular weight is 375 g/mol. The van der Waals surface area contributed by atoms with Crippen molar-refractivity contribution in [2.45, 2.75) is 32.0 Å². The van der Waals surface area contributed by atoms with E-state index < -0.39 is 18.6 Å². The zero-order valence-corrected chi connectivity index (χ0v) is 14.5. The summed E-state index contributed by atoms with van der Waals surface area (Å²) >= 11 is 0. The Balaban J connectivity index is 0.00000242. The molecule has 1 heterocycles. The average Bonchev–Trinajstić information content (AvgIpc) is 2.43. The number of benzene rings is 1. The molecule has 1 aromatic carbocycles. The fourth-order valence-corrected chi connectivity index (χ4v) is 2.77. The number of hydrogen-bond acceptors (Lipinski definition) is 3. The molecule has 0 saturated carbocycles. The van der Waals surface area contributed by atoms with E-state index in [1.165, 1.54) is 0 Å². The first kappa shape index (κ1) is 22.3. The molecule has 0 spiro atoms. The van der Waals surface area contributed by atoms with E-state index in [1.54, 1.807) is 18.2 Å². The van der Waals surface area contributed by atoms with Gasteiger partial charge in [0, 0.05) is 44.2 Å². The van der Waals surface area contributed by atoms with Gasteiger partial charge in [-0.2, -0.15) is 13.2 Å². The standard InChI is InChI=1S/C15H21F3N2O.2ClH/c1-11-2-3-14(21)12(10-11)13(4-5-15(16,17)18)20-8-6-19-7-9-20;;/h2-3,10,13,19,21H,4-9H2,1H3;2*1H/t13-;;/m0../s1. The van der Waals surface area contributed by atoms with E-state index in [4.69, 9.17) is 0 Å². The lowest BCUT2D eigenvalue weighted by Crippen LogP contribution is -2.45. The maximum Gasteiger partial charge on any atom is 0.389 e. The summed E-state index contributed by atoms with van der Waals surface area (Å²) in [6.07, 6.45) is -5.04. The van der Waals surface area contributed by atoms with Gasteiger partial charge in [-0.05, 0) is 19.4 Å². The first-order valence-electron chi connectivity index (χ1n) is 7.18. The van der Waals surface area contributed by atoms with E-state index >= 15 is 0 Å². The van der Waals surface area contributed by atoms with Gasteiger partial charge in [0.05, 0.1) is 0 Å². The summed E-state index contributed by atoms with van der Waals surface area (Å²) in [6, 6.07) is 4.72. The highest BCUT2D eigenvalue weighted by atomic mass is 35.5. The molecule has 0 aliphatic carbocycles. The van der Waals surface area contributed by atoms with Crippen LogP contribution in [0.4, 0.5) is 13.2 Å². The molecule has 0 amide bonds. The zero-order valence-electron chi connectivity index (χ0n) is 12.9. The van der Waals surface area contributed by atoms with Gasteiger partial charge in [0.1, 0.15) is 5.75 Å². The van der Waals surface area contributed by atoms with Gasteiger partial charge >= 0.3 is 6.18 Å². The van der Waals surface area contributed by atoms with E-state index in [-0.39, 0.29) is 37.0 Å². The van der Waals surface area contributed by atoms with E-state index in [1.807, 2.05) is 11.8 Å². The van der Waals surface area contributed by atoms with Crippen LogP contribution >= 0.6 is 24.8 Å². The Morgan fingerprint density at radius 3 is 2.39 bits per heavy atom. The predicted molar refractivity (Wildman–Crippen MR) is 89.8 cm³/mol. The number of aryl methyl sites for hydroxylation is 1. The normalized spacial score (nSPS) is 17.0. The highest BCUT2D eigenvalue weighted by Crippen LogP contribution is 2.36. The second-order valence-electron chi connectivity index (χ2n) is 5.52. The number of piperazine rings is 1. The molecule has 8 heteroatoms. The van der Waals surface area contributed by atoms with E-state index in [0.29, 0.717) is 18.7 Å². The minimum atomic E-state index is -4.17. The van der Waals surface area contributed by atoms with Crippen LogP contribution in [0.2, 0.25) is 0 Å². The maximum atomic E-state index is 12.6. The van der Waals surface area contributed by atoms with Gasteiger partial charge in [-0.15, -0.1) is 24.8 Å².